The van der Waals surface area contributed by atoms with Crippen molar-refractivity contribution >= 4 is 18.0 Å². The maximum Gasteiger partial charge on any atom is 0.407 e. The van der Waals surface area contributed by atoms with Crippen molar-refractivity contribution in [2.75, 3.05) is 26.2 Å². The second-order valence-corrected chi connectivity index (χ2v) is 8.09. The van der Waals surface area contributed by atoms with E-state index in [1.54, 1.807) is 6.92 Å². The number of rotatable bonds is 10. The Labute approximate surface area is 193 Å². The standard InChI is InChI=1S/C26H28N2O5/c1-3-15-28(16-24(29)30)25(31)18(2)9-8-14-27-26(32)33-17-23-21-12-6-4-10-19(21)20-11-5-7-13-22(20)23/h1,4-7,10-13,18,23H,8-9,14-17H2,2H3,(H,27,32)(H,29,30). The molecule has 0 bridgehead atoms. The highest BCUT2D eigenvalue weighted by Crippen LogP contribution is 2.44. The Bertz CT molecular complexity index is 1010. The molecule has 0 spiro atoms. The minimum Gasteiger partial charge on any atom is -0.480 e. The molecule has 7 heteroatoms. The van der Waals surface area contributed by atoms with Crippen LogP contribution in [0.3, 0.4) is 0 Å². The zero-order valence-electron chi connectivity index (χ0n) is 18.6. The van der Waals surface area contributed by atoms with Gasteiger partial charge in [-0.05, 0) is 35.1 Å². The van der Waals surface area contributed by atoms with Crippen molar-refractivity contribution in [2.24, 2.45) is 5.92 Å². The third kappa shape index (κ3) is 5.92. The molecule has 2 N–H and O–H groups in total. The number of carbonyl (C=O) groups excluding carboxylic acids is 2. The van der Waals surface area contributed by atoms with Crippen LogP contribution in [-0.4, -0.2) is 54.2 Å². The van der Waals surface area contributed by atoms with Gasteiger partial charge in [-0.1, -0.05) is 61.4 Å². The Balaban J connectivity index is 1.44. The molecule has 0 heterocycles. The fourth-order valence-electron chi connectivity index (χ4n) is 4.17. The van der Waals surface area contributed by atoms with Crippen molar-refractivity contribution in [1.82, 2.24) is 10.2 Å². The topological polar surface area (TPSA) is 95.9 Å². The maximum atomic E-state index is 12.4. The molecule has 0 aromatic heterocycles. The molecule has 0 aliphatic heterocycles. The van der Waals surface area contributed by atoms with Crippen molar-refractivity contribution in [2.45, 2.75) is 25.7 Å². The van der Waals surface area contributed by atoms with Crippen LogP contribution in [0.2, 0.25) is 0 Å². The van der Waals surface area contributed by atoms with Crippen LogP contribution in [0.5, 0.6) is 0 Å². The second-order valence-electron chi connectivity index (χ2n) is 8.09. The summed E-state index contributed by atoms with van der Waals surface area (Å²) in [6.07, 6.45) is 5.76. The lowest BCUT2D eigenvalue weighted by atomic mass is 9.98. The van der Waals surface area contributed by atoms with E-state index in [0.29, 0.717) is 19.4 Å². The summed E-state index contributed by atoms with van der Waals surface area (Å²) in [7, 11) is 0. The van der Waals surface area contributed by atoms with E-state index in [9.17, 15) is 14.4 Å². The zero-order chi connectivity index (χ0) is 23.8. The predicted octanol–water partition coefficient (Wildman–Crippen LogP) is 3.49. The summed E-state index contributed by atoms with van der Waals surface area (Å²) in [6.45, 7) is 1.84. The van der Waals surface area contributed by atoms with E-state index in [0.717, 1.165) is 16.0 Å². The third-order valence-electron chi connectivity index (χ3n) is 5.77. The SMILES string of the molecule is C#CCN(CC(=O)O)C(=O)C(C)CCCNC(=O)OCC1c2ccccc2-c2ccccc21. The van der Waals surface area contributed by atoms with E-state index >= 15 is 0 Å². The molecule has 1 aliphatic carbocycles. The maximum absolute atomic E-state index is 12.4. The van der Waals surface area contributed by atoms with Crippen molar-refractivity contribution in [3.63, 3.8) is 0 Å². The van der Waals surface area contributed by atoms with Gasteiger partial charge in [0.1, 0.15) is 13.2 Å². The minimum absolute atomic E-state index is 0.00262. The van der Waals surface area contributed by atoms with Gasteiger partial charge in [0.15, 0.2) is 0 Å². The monoisotopic (exact) mass is 448 g/mol. The lowest BCUT2D eigenvalue weighted by molar-refractivity contribution is -0.145. The highest BCUT2D eigenvalue weighted by molar-refractivity contribution is 5.83. The smallest absolute Gasteiger partial charge is 0.407 e. The second kappa shape index (κ2) is 11.2. The van der Waals surface area contributed by atoms with Crippen LogP contribution >= 0.6 is 0 Å². The number of ether oxygens (including phenoxy) is 1. The molecule has 0 saturated heterocycles. The van der Waals surface area contributed by atoms with Gasteiger partial charge < -0.3 is 20.1 Å². The van der Waals surface area contributed by atoms with E-state index < -0.39 is 24.5 Å². The van der Waals surface area contributed by atoms with Gasteiger partial charge in [-0.15, -0.1) is 6.42 Å². The molecule has 0 fully saturated rings. The summed E-state index contributed by atoms with van der Waals surface area (Å²) >= 11 is 0. The Morgan fingerprint density at radius 2 is 1.73 bits per heavy atom. The molecule has 172 valence electrons. The van der Waals surface area contributed by atoms with Gasteiger partial charge >= 0.3 is 12.1 Å². The fraction of sp³-hybridized carbons (Fsp3) is 0.346. The van der Waals surface area contributed by atoms with Crippen molar-refractivity contribution < 1.29 is 24.2 Å². The summed E-state index contributed by atoms with van der Waals surface area (Å²) in [6, 6.07) is 16.3. The van der Waals surface area contributed by atoms with Crippen molar-refractivity contribution in [1.29, 1.82) is 0 Å². The lowest BCUT2D eigenvalue weighted by Crippen LogP contribution is -2.39. The van der Waals surface area contributed by atoms with E-state index in [1.807, 2.05) is 24.3 Å². The van der Waals surface area contributed by atoms with E-state index in [2.05, 4.69) is 35.5 Å². The lowest BCUT2D eigenvalue weighted by Gasteiger charge is -2.22. The molecule has 1 atom stereocenters. The van der Waals surface area contributed by atoms with E-state index in [4.69, 9.17) is 16.3 Å². The molecule has 7 nitrogen and oxygen atoms in total. The molecule has 1 aliphatic rings. The van der Waals surface area contributed by atoms with Gasteiger partial charge in [0.25, 0.3) is 0 Å². The average molecular weight is 449 g/mol. The van der Waals surface area contributed by atoms with Gasteiger partial charge in [-0.25, -0.2) is 4.79 Å². The van der Waals surface area contributed by atoms with Crippen LogP contribution in [0.4, 0.5) is 4.79 Å². The summed E-state index contributed by atoms with van der Waals surface area (Å²) in [5, 5.41) is 11.7. The van der Waals surface area contributed by atoms with E-state index in [-0.39, 0.29) is 25.0 Å². The predicted molar refractivity (Wildman–Crippen MR) is 125 cm³/mol. The van der Waals surface area contributed by atoms with Crippen LogP contribution in [0, 0.1) is 18.3 Å². The largest absolute Gasteiger partial charge is 0.480 e. The van der Waals surface area contributed by atoms with Crippen LogP contribution in [0.15, 0.2) is 48.5 Å². The summed E-state index contributed by atoms with van der Waals surface area (Å²) in [5.74, 6) is 0.488. The number of benzene rings is 2. The number of amides is 2. The number of carboxylic acid groups (broad SMARTS) is 1. The first kappa shape index (κ1) is 23.9. The van der Waals surface area contributed by atoms with Crippen LogP contribution in [0.1, 0.15) is 36.8 Å². The number of nitrogens with one attached hydrogen (secondary N) is 1. The molecular formula is C26H28N2O5. The normalized spacial score (nSPS) is 12.7. The summed E-state index contributed by atoms with van der Waals surface area (Å²) in [5.41, 5.74) is 4.64. The Hall–Kier alpha value is -3.79. The van der Waals surface area contributed by atoms with Crippen molar-refractivity contribution in [3.8, 4) is 23.5 Å². The molecule has 2 aromatic rings. The van der Waals surface area contributed by atoms with Gasteiger partial charge in [-0.3, -0.25) is 9.59 Å². The number of alkyl carbamates (subject to hydrolysis) is 1. The molecule has 1 unspecified atom stereocenters. The average Bonchev–Trinajstić information content (AvgIpc) is 3.13. The third-order valence-corrected chi connectivity index (χ3v) is 5.77. The van der Waals surface area contributed by atoms with E-state index in [1.165, 1.54) is 11.1 Å². The Morgan fingerprint density at radius 1 is 1.12 bits per heavy atom. The number of nitrogens with zero attached hydrogens (tertiary/aromatic N) is 1. The molecular weight excluding hydrogens is 420 g/mol. The number of aliphatic carboxylic acids is 1. The first-order valence-electron chi connectivity index (χ1n) is 10.9. The summed E-state index contributed by atoms with van der Waals surface area (Å²) < 4.78 is 5.50. The molecule has 2 amide bonds. The first-order chi connectivity index (χ1) is 15.9. The molecule has 2 aromatic carbocycles. The summed E-state index contributed by atoms with van der Waals surface area (Å²) in [4.78, 5) is 36.7. The minimum atomic E-state index is -1.11. The number of hydrogen-bond donors (Lipinski definition) is 2. The first-order valence-corrected chi connectivity index (χ1v) is 10.9. The zero-order valence-corrected chi connectivity index (χ0v) is 18.6. The number of fused-ring (bicyclic) bond motifs is 3. The molecule has 0 radical (unpaired) electrons. The molecule has 3 rings (SSSR count). The van der Waals surface area contributed by atoms with Gasteiger partial charge in [-0.2, -0.15) is 0 Å². The van der Waals surface area contributed by atoms with Gasteiger partial charge in [0.05, 0.1) is 6.54 Å². The fourth-order valence-corrected chi connectivity index (χ4v) is 4.17. The highest BCUT2D eigenvalue weighted by Gasteiger charge is 2.29. The van der Waals surface area contributed by atoms with Crippen molar-refractivity contribution in [3.05, 3.63) is 59.7 Å². The number of carboxylic acids is 1. The van der Waals surface area contributed by atoms with Crippen LogP contribution in [0.25, 0.3) is 11.1 Å². The molecule has 33 heavy (non-hydrogen) atoms. The Kier molecular flexibility index (Phi) is 8.09. The quantitative estimate of drug-likeness (QED) is 0.429. The van der Waals surface area contributed by atoms with Gasteiger partial charge in [0.2, 0.25) is 5.91 Å². The van der Waals surface area contributed by atoms with Crippen LogP contribution < -0.4 is 5.32 Å². The Morgan fingerprint density at radius 3 is 2.30 bits per heavy atom. The highest BCUT2D eigenvalue weighted by atomic mass is 16.5. The molecule has 0 saturated carbocycles. The number of hydrogen-bond acceptors (Lipinski definition) is 4. The van der Waals surface area contributed by atoms with Gasteiger partial charge in [0, 0.05) is 18.4 Å². The van der Waals surface area contributed by atoms with Crippen LogP contribution in [-0.2, 0) is 14.3 Å². The number of terminal acetylenes is 1. The number of carbonyl (C=O) groups is 3.